The number of ether oxygens (including phenoxy) is 10. The number of hydrogen-bond acceptors (Lipinski definition) is 13. The number of nitrogens with zero attached hydrogens (tertiary/aromatic N) is 1. The zero-order valence-electron chi connectivity index (χ0n) is 27.1. The summed E-state index contributed by atoms with van der Waals surface area (Å²) in [5.74, 6) is 1.15. The van der Waals surface area contributed by atoms with E-state index in [0.717, 1.165) is 5.69 Å². The standard InChI is InChI=1S/C32H48N2O13/c1-28(35)33-29-2-6-31(7-3-29)46-26-24-44-22-20-42-18-16-40-14-12-38-10-11-39-13-15-41-17-19-43-21-23-45-25-27-47-32-8-4-30(5-9-32)34(36)37/h2-9H,10-27H2,1H3,(H,33,35). The number of non-ortho nitro benzene ring substituents is 1. The van der Waals surface area contributed by atoms with Crippen molar-refractivity contribution in [2.75, 3.05) is 124 Å². The molecule has 0 saturated heterocycles. The number of anilines is 1. The summed E-state index contributed by atoms with van der Waals surface area (Å²) in [5, 5.41) is 13.3. The van der Waals surface area contributed by atoms with Gasteiger partial charge in [-0.05, 0) is 36.4 Å². The van der Waals surface area contributed by atoms with Gasteiger partial charge >= 0.3 is 0 Å². The minimum Gasteiger partial charge on any atom is -0.491 e. The largest absolute Gasteiger partial charge is 0.491 e. The molecule has 0 fully saturated rings. The Labute approximate surface area is 275 Å². The van der Waals surface area contributed by atoms with Crippen LogP contribution in [0, 0.1) is 10.1 Å². The molecule has 15 nitrogen and oxygen atoms in total. The summed E-state index contributed by atoms with van der Waals surface area (Å²) in [7, 11) is 0. The summed E-state index contributed by atoms with van der Waals surface area (Å²) in [6, 6.07) is 13.0. The molecule has 0 heterocycles. The number of rotatable bonds is 31. The van der Waals surface area contributed by atoms with Gasteiger partial charge in [-0.3, -0.25) is 14.9 Å². The van der Waals surface area contributed by atoms with Crippen LogP contribution in [-0.2, 0) is 42.7 Å². The lowest BCUT2D eigenvalue weighted by atomic mass is 10.3. The first-order valence-electron chi connectivity index (χ1n) is 15.5. The molecule has 15 heteroatoms. The van der Waals surface area contributed by atoms with E-state index < -0.39 is 4.92 Å². The maximum atomic E-state index is 11.0. The van der Waals surface area contributed by atoms with Gasteiger partial charge in [0.15, 0.2) is 0 Å². The lowest BCUT2D eigenvalue weighted by Crippen LogP contribution is -2.15. The van der Waals surface area contributed by atoms with Crippen LogP contribution in [0.4, 0.5) is 11.4 Å². The van der Waals surface area contributed by atoms with E-state index in [4.69, 9.17) is 47.4 Å². The van der Waals surface area contributed by atoms with Gasteiger partial charge in [0, 0.05) is 24.7 Å². The van der Waals surface area contributed by atoms with E-state index in [9.17, 15) is 14.9 Å². The first kappa shape index (κ1) is 39.8. The Hall–Kier alpha value is -3.41. The molecule has 0 aromatic heterocycles. The summed E-state index contributed by atoms with van der Waals surface area (Å²) < 4.78 is 54.7. The number of carbonyl (C=O) groups excluding carboxylic acids is 1. The van der Waals surface area contributed by atoms with E-state index >= 15 is 0 Å². The molecular weight excluding hydrogens is 620 g/mol. The number of hydrogen-bond donors (Lipinski definition) is 1. The van der Waals surface area contributed by atoms with Gasteiger partial charge in [-0.25, -0.2) is 0 Å². The Morgan fingerprint density at radius 1 is 0.511 bits per heavy atom. The number of nitrogens with one attached hydrogen (secondary N) is 1. The Balaban J connectivity index is 1.20. The zero-order valence-corrected chi connectivity index (χ0v) is 27.1. The molecule has 2 aromatic rings. The Morgan fingerprint density at radius 2 is 0.787 bits per heavy atom. The fraction of sp³-hybridized carbons (Fsp3) is 0.594. The number of benzene rings is 2. The third-order valence-electron chi connectivity index (χ3n) is 5.82. The Morgan fingerprint density at radius 3 is 1.06 bits per heavy atom. The van der Waals surface area contributed by atoms with Crippen molar-refractivity contribution in [3.8, 4) is 11.5 Å². The van der Waals surface area contributed by atoms with Crippen molar-refractivity contribution in [3.63, 3.8) is 0 Å². The third kappa shape index (κ3) is 22.7. The van der Waals surface area contributed by atoms with Crippen molar-refractivity contribution >= 4 is 17.3 Å². The monoisotopic (exact) mass is 668 g/mol. The third-order valence-corrected chi connectivity index (χ3v) is 5.82. The number of nitro benzene ring substituents is 1. The highest BCUT2D eigenvalue weighted by Crippen LogP contribution is 2.17. The zero-order chi connectivity index (χ0) is 33.6. The van der Waals surface area contributed by atoms with E-state index in [1.807, 2.05) is 0 Å². The predicted octanol–water partition coefficient (Wildman–Crippen LogP) is 3.14. The van der Waals surface area contributed by atoms with E-state index in [-0.39, 0.29) is 11.6 Å². The van der Waals surface area contributed by atoms with Crippen molar-refractivity contribution in [1.82, 2.24) is 0 Å². The molecule has 0 saturated carbocycles. The van der Waals surface area contributed by atoms with Crippen LogP contribution < -0.4 is 14.8 Å². The summed E-state index contributed by atoms with van der Waals surface area (Å²) in [4.78, 5) is 21.2. The van der Waals surface area contributed by atoms with Gasteiger partial charge in [0.2, 0.25) is 5.91 Å². The number of carbonyl (C=O) groups is 1. The second-order valence-electron chi connectivity index (χ2n) is 9.55. The Kier molecular flexibility index (Phi) is 23.4. The fourth-order valence-electron chi connectivity index (χ4n) is 3.58. The second kappa shape index (κ2) is 27.7. The first-order valence-corrected chi connectivity index (χ1v) is 15.5. The summed E-state index contributed by atoms with van der Waals surface area (Å²) in [6.45, 7) is 9.61. The summed E-state index contributed by atoms with van der Waals surface area (Å²) in [5.41, 5.74) is 0.748. The number of nitro groups is 1. The quantitative estimate of drug-likeness (QED) is 0.0709. The second-order valence-corrected chi connectivity index (χ2v) is 9.55. The molecule has 1 N–H and O–H groups in total. The topological polar surface area (TPSA) is 165 Å². The highest BCUT2D eigenvalue weighted by Gasteiger charge is 2.04. The molecule has 0 aliphatic heterocycles. The minimum absolute atomic E-state index is 0.0227. The van der Waals surface area contributed by atoms with Crippen LogP contribution in [0.2, 0.25) is 0 Å². The van der Waals surface area contributed by atoms with Gasteiger partial charge in [-0.15, -0.1) is 0 Å². The van der Waals surface area contributed by atoms with Crippen LogP contribution in [0.1, 0.15) is 6.92 Å². The van der Waals surface area contributed by atoms with Crippen LogP contribution in [0.5, 0.6) is 11.5 Å². The maximum Gasteiger partial charge on any atom is 0.269 e. The van der Waals surface area contributed by atoms with Gasteiger partial charge in [0.25, 0.3) is 5.69 Å². The van der Waals surface area contributed by atoms with Crippen LogP contribution >= 0.6 is 0 Å². The van der Waals surface area contributed by atoms with E-state index in [1.54, 1.807) is 36.4 Å². The average Bonchev–Trinajstić information content (AvgIpc) is 3.06. The predicted molar refractivity (Wildman–Crippen MR) is 171 cm³/mol. The minimum atomic E-state index is -0.454. The molecule has 0 aliphatic carbocycles. The molecule has 0 radical (unpaired) electrons. The van der Waals surface area contributed by atoms with E-state index in [2.05, 4.69) is 5.32 Å². The molecule has 2 rings (SSSR count). The summed E-state index contributed by atoms with van der Waals surface area (Å²) >= 11 is 0. The molecule has 0 bridgehead atoms. The molecule has 0 spiro atoms. The highest BCUT2D eigenvalue weighted by molar-refractivity contribution is 5.88. The normalized spacial score (nSPS) is 11.0. The van der Waals surface area contributed by atoms with Crippen LogP contribution in [0.25, 0.3) is 0 Å². The SMILES string of the molecule is CC(=O)Nc1ccc(OCCOCCOCCOCCOCCOCCOCCOCCOCCOc2ccc([N+](=O)[O-])cc2)cc1. The molecule has 0 aliphatic rings. The maximum absolute atomic E-state index is 11.0. The molecule has 0 unspecified atom stereocenters. The smallest absolute Gasteiger partial charge is 0.269 e. The van der Waals surface area contributed by atoms with Gasteiger partial charge in [-0.1, -0.05) is 0 Å². The van der Waals surface area contributed by atoms with Crippen LogP contribution in [-0.4, -0.2) is 130 Å². The van der Waals surface area contributed by atoms with Crippen molar-refractivity contribution in [2.24, 2.45) is 0 Å². The van der Waals surface area contributed by atoms with Crippen molar-refractivity contribution < 1.29 is 57.1 Å². The fourth-order valence-corrected chi connectivity index (χ4v) is 3.58. The van der Waals surface area contributed by atoms with E-state index in [1.165, 1.54) is 19.1 Å². The molecule has 47 heavy (non-hydrogen) atoms. The van der Waals surface area contributed by atoms with E-state index in [0.29, 0.717) is 130 Å². The van der Waals surface area contributed by atoms with Crippen LogP contribution in [0.3, 0.4) is 0 Å². The van der Waals surface area contributed by atoms with Crippen molar-refractivity contribution in [1.29, 1.82) is 0 Å². The van der Waals surface area contributed by atoms with Gasteiger partial charge in [0.1, 0.15) is 24.7 Å². The van der Waals surface area contributed by atoms with Gasteiger partial charge in [0.05, 0.1) is 111 Å². The average molecular weight is 669 g/mol. The lowest BCUT2D eigenvalue weighted by molar-refractivity contribution is -0.384. The number of amides is 1. The molecule has 1 amide bonds. The lowest BCUT2D eigenvalue weighted by Gasteiger charge is -2.09. The summed E-state index contributed by atoms with van der Waals surface area (Å²) in [6.07, 6.45) is 0. The van der Waals surface area contributed by atoms with Crippen molar-refractivity contribution in [3.05, 3.63) is 58.6 Å². The molecular formula is C32H48N2O13. The molecule has 0 atom stereocenters. The molecule has 2 aromatic carbocycles. The van der Waals surface area contributed by atoms with Crippen LogP contribution in [0.15, 0.2) is 48.5 Å². The first-order chi connectivity index (χ1) is 23.0. The Bertz CT molecular complexity index is 1060. The molecule has 264 valence electrons. The highest BCUT2D eigenvalue weighted by atomic mass is 16.6. The van der Waals surface area contributed by atoms with Gasteiger partial charge in [-0.2, -0.15) is 0 Å². The van der Waals surface area contributed by atoms with Crippen molar-refractivity contribution in [2.45, 2.75) is 6.92 Å². The van der Waals surface area contributed by atoms with Gasteiger partial charge < -0.3 is 52.7 Å².